The summed E-state index contributed by atoms with van der Waals surface area (Å²) in [6.07, 6.45) is 2.13. The Kier molecular flexibility index (Phi) is 7.29. The highest BCUT2D eigenvalue weighted by Crippen LogP contribution is 2.41. The highest BCUT2D eigenvalue weighted by atomic mass is 32.1. The van der Waals surface area contributed by atoms with Gasteiger partial charge in [-0.15, -0.1) is 0 Å². The lowest BCUT2D eigenvalue weighted by Crippen LogP contribution is -2.32. The minimum atomic E-state index is -0.130. The molecule has 1 saturated heterocycles. The minimum Gasteiger partial charge on any atom is -0.352 e. The van der Waals surface area contributed by atoms with Crippen LogP contribution in [0, 0.1) is 27.7 Å². The molecule has 194 valence electrons. The molecule has 2 aromatic heterocycles. The molecule has 3 heterocycles. The Labute approximate surface area is 229 Å². The normalized spacial score (nSPS) is 16.9. The summed E-state index contributed by atoms with van der Waals surface area (Å²) in [6, 6.07) is 24.2. The number of anilines is 1. The fourth-order valence-electron chi connectivity index (χ4n) is 5.43. The van der Waals surface area contributed by atoms with E-state index >= 15 is 0 Å². The second-order valence-corrected chi connectivity index (χ2v) is 10.3. The van der Waals surface area contributed by atoms with E-state index < -0.39 is 0 Å². The maximum absolute atomic E-state index is 12.9. The minimum absolute atomic E-state index is 0.0381. The Morgan fingerprint density at radius 2 is 1.79 bits per heavy atom. The van der Waals surface area contributed by atoms with Crippen molar-refractivity contribution in [2.75, 3.05) is 11.9 Å². The van der Waals surface area contributed by atoms with Crippen LogP contribution in [-0.4, -0.2) is 32.0 Å². The van der Waals surface area contributed by atoms with E-state index in [4.69, 9.17) is 12.2 Å². The summed E-state index contributed by atoms with van der Waals surface area (Å²) in [6.45, 7) is 8.94. The summed E-state index contributed by atoms with van der Waals surface area (Å²) in [5.41, 5.74) is 8.70. The third kappa shape index (κ3) is 5.07. The Morgan fingerprint density at radius 1 is 1.00 bits per heavy atom. The Bertz CT molecular complexity index is 1480. The molecule has 7 heteroatoms. The molecular formula is C31H33N5OS. The molecule has 2 N–H and O–H groups in total. The predicted molar refractivity (Wildman–Crippen MR) is 157 cm³/mol. The lowest BCUT2D eigenvalue weighted by Gasteiger charge is -2.28. The van der Waals surface area contributed by atoms with Crippen LogP contribution in [-0.2, 0) is 4.79 Å². The van der Waals surface area contributed by atoms with Gasteiger partial charge in [-0.25, -0.2) is 0 Å². The number of para-hydroxylation sites is 1. The van der Waals surface area contributed by atoms with Crippen molar-refractivity contribution >= 4 is 28.9 Å². The maximum atomic E-state index is 12.9. The summed E-state index contributed by atoms with van der Waals surface area (Å²) in [5, 5.41) is 7.17. The number of carbonyl (C=O) groups excluding carboxylic acids is 1. The zero-order valence-electron chi connectivity index (χ0n) is 22.2. The van der Waals surface area contributed by atoms with Crippen LogP contribution in [0.15, 0.2) is 79.0 Å². The lowest BCUT2D eigenvalue weighted by atomic mass is 9.96. The van der Waals surface area contributed by atoms with Crippen LogP contribution < -0.4 is 10.6 Å². The van der Waals surface area contributed by atoms with Gasteiger partial charge in [0.1, 0.15) is 0 Å². The van der Waals surface area contributed by atoms with Crippen LogP contribution in [0.2, 0.25) is 0 Å². The average Bonchev–Trinajstić information content (AvgIpc) is 3.38. The Hall–Kier alpha value is -3.97. The monoisotopic (exact) mass is 523 g/mol. The van der Waals surface area contributed by atoms with Gasteiger partial charge in [-0.3, -0.25) is 9.78 Å². The van der Waals surface area contributed by atoms with Gasteiger partial charge in [-0.1, -0.05) is 36.4 Å². The van der Waals surface area contributed by atoms with E-state index in [0.717, 1.165) is 28.3 Å². The number of hydrogen-bond acceptors (Lipinski definition) is 3. The summed E-state index contributed by atoms with van der Waals surface area (Å²) in [7, 11) is 0. The van der Waals surface area contributed by atoms with Crippen molar-refractivity contribution in [1.29, 1.82) is 0 Å². The van der Waals surface area contributed by atoms with Crippen molar-refractivity contribution < 1.29 is 4.79 Å². The molecule has 1 aliphatic rings. The van der Waals surface area contributed by atoms with E-state index in [1.54, 1.807) is 0 Å². The number of thiocarbonyl (C=S) groups is 1. The SMILES string of the molecule is Cc1cccc(NC(=O)CCN2C(=S)N[C@H](c3ccccn3)[C@H]2c2cc(C)n(-c3ccccc3C)c2C)c1. The third-order valence-electron chi connectivity index (χ3n) is 7.22. The van der Waals surface area contributed by atoms with Crippen LogP contribution in [0.5, 0.6) is 0 Å². The summed E-state index contributed by atoms with van der Waals surface area (Å²) < 4.78 is 2.31. The highest BCUT2D eigenvalue weighted by Gasteiger charge is 2.41. The molecule has 0 radical (unpaired) electrons. The van der Waals surface area contributed by atoms with Crippen molar-refractivity contribution in [2.45, 2.75) is 46.2 Å². The second-order valence-electron chi connectivity index (χ2n) is 9.94. The Morgan fingerprint density at radius 3 is 2.53 bits per heavy atom. The molecule has 2 aromatic carbocycles. The molecule has 6 nitrogen and oxygen atoms in total. The number of hydrogen-bond donors (Lipinski definition) is 2. The quantitative estimate of drug-likeness (QED) is 0.286. The first-order valence-corrected chi connectivity index (χ1v) is 13.3. The van der Waals surface area contributed by atoms with Gasteiger partial charge < -0.3 is 20.1 Å². The number of pyridine rings is 1. The van der Waals surface area contributed by atoms with E-state index in [1.165, 1.54) is 16.8 Å². The number of nitrogens with one attached hydrogen (secondary N) is 2. The van der Waals surface area contributed by atoms with Crippen LogP contribution >= 0.6 is 12.2 Å². The number of carbonyl (C=O) groups is 1. The first kappa shape index (κ1) is 25.7. The molecule has 1 aliphatic heterocycles. The number of aromatic nitrogens is 2. The standard InChI is InChI=1S/C31H33N5OS/c1-20-10-9-12-24(18-20)33-28(37)15-17-35-30(29(34-31(35)38)26-13-7-8-16-32-26)25-19-22(3)36(23(25)4)27-14-6-5-11-21(27)2/h5-14,16,18-19,29-30H,15,17H2,1-4H3,(H,33,37)(H,34,38)/t29-,30-/m1/s1. The van der Waals surface area contributed by atoms with Crippen LogP contribution in [0.4, 0.5) is 5.69 Å². The molecule has 0 spiro atoms. The molecule has 0 bridgehead atoms. The van der Waals surface area contributed by atoms with Crippen molar-refractivity contribution in [3.63, 3.8) is 0 Å². The molecule has 0 unspecified atom stereocenters. The van der Waals surface area contributed by atoms with E-state index in [1.807, 2.05) is 55.6 Å². The first-order chi connectivity index (χ1) is 18.3. The lowest BCUT2D eigenvalue weighted by molar-refractivity contribution is -0.116. The average molecular weight is 524 g/mol. The molecule has 2 atom stereocenters. The van der Waals surface area contributed by atoms with Gasteiger partial charge in [-0.2, -0.15) is 0 Å². The number of nitrogens with zero attached hydrogens (tertiary/aromatic N) is 3. The molecule has 1 fully saturated rings. The van der Waals surface area contributed by atoms with Gasteiger partial charge in [0.15, 0.2) is 5.11 Å². The van der Waals surface area contributed by atoms with E-state index in [9.17, 15) is 4.79 Å². The second kappa shape index (κ2) is 10.8. The van der Waals surface area contributed by atoms with E-state index in [2.05, 4.69) is 76.2 Å². The van der Waals surface area contributed by atoms with Gasteiger partial charge in [-0.05, 0) is 93.0 Å². The molecule has 38 heavy (non-hydrogen) atoms. The van der Waals surface area contributed by atoms with Gasteiger partial charge in [0, 0.05) is 41.9 Å². The predicted octanol–water partition coefficient (Wildman–Crippen LogP) is 6.11. The molecule has 0 saturated carbocycles. The number of benzene rings is 2. The zero-order valence-corrected chi connectivity index (χ0v) is 23.0. The Balaban J connectivity index is 1.48. The van der Waals surface area contributed by atoms with Crippen molar-refractivity contribution in [2.24, 2.45) is 0 Å². The largest absolute Gasteiger partial charge is 0.352 e. The van der Waals surface area contributed by atoms with E-state index in [0.29, 0.717) is 18.1 Å². The van der Waals surface area contributed by atoms with Crippen LogP contribution in [0.1, 0.15) is 52.3 Å². The molecule has 1 amide bonds. The fraction of sp³-hybridized carbons (Fsp3) is 0.258. The van der Waals surface area contributed by atoms with Gasteiger partial charge in [0.2, 0.25) is 5.91 Å². The van der Waals surface area contributed by atoms with Crippen LogP contribution in [0.3, 0.4) is 0 Å². The van der Waals surface area contributed by atoms with Gasteiger partial charge >= 0.3 is 0 Å². The smallest absolute Gasteiger partial charge is 0.226 e. The number of aryl methyl sites for hydroxylation is 3. The zero-order chi connectivity index (χ0) is 26.8. The number of rotatable bonds is 7. The first-order valence-electron chi connectivity index (χ1n) is 12.9. The topological polar surface area (TPSA) is 62.2 Å². The summed E-state index contributed by atoms with van der Waals surface area (Å²) in [5.74, 6) is -0.0381. The maximum Gasteiger partial charge on any atom is 0.226 e. The van der Waals surface area contributed by atoms with Crippen molar-refractivity contribution in [3.8, 4) is 5.69 Å². The molecule has 5 rings (SSSR count). The van der Waals surface area contributed by atoms with E-state index in [-0.39, 0.29) is 18.0 Å². The van der Waals surface area contributed by atoms with Gasteiger partial charge in [0.25, 0.3) is 0 Å². The highest BCUT2D eigenvalue weighted by molar-refractivity contribution is 7.80. The molecular weight excluding hydrogens is 490 g/mol. The summed E-state index contributed by atoms with van der Waals surface area (Å²) in [4.78, 5) is 19.7. The van der Waals surface area contributed by atoms with Crippen molar-refractivity contribution in [1.82, 2.24) is 19.8 Å². The van der Waals surface area contributed by atoms with Gasteiger partial charge in [0.05, 0.1) is 17.8 Å². The van der Waals surface area contributed by atoms with Crippen LogP contribution in [0.25, 0.3) is 5.69 Å². The third-order valence-corrected chi connectivity index (χ3v) is 7.58. The fourth-order valence-corrected chi connectivity index (χ4v) is 5.76. The molecule has 4 aromatic rings. The van der Waals surface area contributed by atoms with Crippen molar-refractivity contribution in [3.05, 3.63) is 113 Å². The summed E-state index contributed by atoms with van der Waals surface area (Å²) >= 11 is 5.84. The number of amides is 1. The molecule has 0 aliphatic carbocycles.